The minimum atomic E-state index is -0.501. The summed E-state index contributed by atoms with van der Waals surface area (Å²) < 4.78 is 5.67. The number of hydrogen-bond donors (Lipinski definition) is 0. The van der Waals surface area contributed by atoms with Crippen molar-refractivity contribution in [3.8, 4) is 0 Å². The van der Waals surface area contributed by atoms with Crippen molar-refractivity contribution in [3.05, 3.63) is 48.0 Å². The Hall–Kier alpha value is -1.35. The van der Waals surface area contributed by atoms with Gasteiger partial charge in [-0.05, 0) is 35.2 Å². The summed E-state index contributed by atoms with van der Waals surface area (Å²) in [5.41, 5.74) is 0.579. The Morgan fingerprint density at radius 3 is 2.68 bits per heavy atom. The molecule has 1 heterocycles. The van der Waals surface area contributed by atoms with E-state index in [0.29, 0.717) is 11.8 Å². The maximum absolute atomic E-state index is 11.6. The van der Waals surface area contributed by atoms with Gasteiger partial charge in [0.05, 0.1) is 0 Å². The number of fused-ring (bicyclic) bond motifs is 1. The third-order valence-corrected chi connectivity index (χ3v) is 4.67. The maximum Gasteiger partial charge on any atom is 0.306 e. The van der Waals surface area contributed by atoms with E-state index in [1.807, 2.05) is 12.1 Å². The van der Waals surface area contributed by atoms with Crippen molar-refractivity contribution in [2.45, 2.75) is 24.9 Å². The van der Waals surface area contributed by atoms with E-state index in [1.54, 1.807) is 0 Å². The maximum atomic E-state index is 11.6. The lowest BCUT2D eigenvalue weighted by Gasteiger charge is -2.35. The first kappa shape index (κ1) is 12.7. The topological polar surface area (TPSA) is 26.3 Å². The van der Waals surface area contributed by atoms with Gasteiger partial charge in [-0.1, -0.05) is 52.3 Å². The normalized spacial score (nSPS) is 23.3. The van der Waals surface area contributed by atoms with Crippen LogP contribution >= 0.6 is 15.9 Å². The van der Waals surface area contributed by atoms with Gasteiger partial charge in [0.25, 0.3) is 0 Å². The zero-order valence-electron chi connectivity index (χ0n) is 10.6. The minimum Gasteiger partial charge on any atom is -0.453 e. The number of rotatable bonds is 2. The molecule has 0 radical (unpaired) electrons. The molecule has 0 saturated carbocycles. The Kier molecular flexibility index (Phi) is 3.31. The Labute approximate surface area is 120 Å². The zero-order valence-corrected chi connectivity index (χ0v) is 12.2. The average Bonchev–Trinajstić information content (AvgIpc) is 2.46. The van der Waals surface area contributed by atoms with E-state index in [0.717, 1.165) is 18.4 Å². The number of halogens is 1. The fraction of sp³-hybridized carbons (Fsp3) is 0.312. The Bertz CT molecular complexity index is 623. The molecule has 1 saturated heterocycles. The van der Waals surface area contributed by atoms with Crippen molar-refractivity contribution in [2.24, 2.45) is 0 Å². The van der Waals surface area contributed by atoms with Crippen molar-refractivity contribution in [3.63, 3.8) is 0 Å². The van der Waals surface area contributed by atoms with Crippen LogP contribution in [-0.4, -0.2) is 11.3 Å². The quantitative estimate of drug-likeness (QED) is 0.614. The molecule has 3 heteroatoms. The molecule has 1 aliphatic heterocycles. The van der Waals surface area contributed by atoms with Crippen molar-refractivity contribution in [2.75, 3.05) is 5.33 Å². The van der Waals surface area contributed by atoms with Gasteiger partial charge in [0, 0.05) is 11.8 Å². The summed E-state index contributed by atoms with van der Waals surface area (Å²) >= 11 is 3.52. The average molecular weight is 319 g/mol. The zero-order chi connectivity index (χ0) is 13.3. The van der Waals surface area contributed by atoms with Gasteiger partial charge in [0.15, 0.2) is 0 Å². The predicted molar refractivity (Wildman–Crippen MR) is 79.4 cm³/mol. The molecule has 3 rings (SSSR count). The lowest BCUT2D eigenvalue weighted by molar-refractivity contribution is -0.165. The first-order valence-electron chi connectivity index (χ1n) is 6.51. The van der Waals surface area contributed by atoms with Gasteiger partial charge in [-0.25, -0.2) is 0 Å². The molecule has 2 aromatic carbocycles. The van der Waals surface area contributed by atoms with Gasteiger partial charge in [0.2, 0.25) is 0 Å². The molecule has 1 fully saturated rings. The molecule has 0 aliphatic carbocycles. The Balaban J connectivity index is 2.08. The molecular formula is C16H15BrO2. The standard InChI is InChI=1S/C16H15BrO2/c17-11-16(9-3-6-15(18)19-16)14-8-7-12-4-1-2-5-13(12)10-14/h1-2,4-5,7-8,10H,3,6,9,11H2. The van der Waals surface area contributed by atoms with Gasteiger partial charge in [-0.2, -0.15) is 0 Å². The number of carbonyl (C=O) groups is 1. The fourth-order valence-electron chi connectivity index (χ4n) is 2.69. The predicted octanol–water partition coefficient (Wildman–Crippen LogP) is 4.16. The number of ether oxygens (including phenoxy) is 1. The molecule has 0 bridgehead atoms. The summed E-state index contributed by atoms with van der Waals surface area (Å²) in [5.74, 6) is -0.0983. The van der Waals surface area contributed by atoms with Gasteiger partial charge < -0.3 is 4.74 Å². The molecular weight excluding hydrogens is 304 g/mol. The number of hydrogen-bond acceptors (Lipinski definition) is 2. The van der Waals surface area contributed by atoms with E-state index >= 15 is 0 Å². The summed E-state index contributed by atoms with van der Waals surface area (Å²) in [5, 5.41) is 3.03. The van der Waals surface area contributed by atoms with Gasteiger partial charge in [-0.15, -0.1) is 0 Å². The van der Waals surface area contributed by atoms with Crippen LogP contribution in [0.25, 0.3) is 10.8 Å². The highest BCUT2D eigenvalue weighted by atomic mass is 79.9. The molecule has 0 N–H and O–H groups in total. The smallest absolute Gasteiger partial charge is 0.306 e. The number of esters is 1. The molecule has 1 aliphatic rings. The second kappa shape index (κ2) is 4.97. The van der Waals surface area contributed by atoms with Gasteiger partial charge in [-0.3, -0.25) is 4.79 Å². The molecule has 0 aromatic heterocycles. The summed E-state index contributed by atoms with van der Waals surface area (Å²) in [7, 11) is 0. The lowest BCUT2D eigenvalue weighted by atomic mass is 9.87. The second-order valence-corrected chi connectivity index (χ2v) is 5.58. The van der Waals surface area contributed by atoms with Crippen LogP contribution in [0.2, 0.25) is 0 Å². The summed E-state index contributed by atoms with van der Waals surface area (Å²) in [6.45, 7) is 0. The molecule has 0 spiro atoms. The van der Waals surface area contributed by atoms with Crippen LogP contribution in [0.15, 0.2) is 42.5 Å². The van der Waals surface area contributed by atoms with Crippen LogP contribution in [0.3, 0.4) is 0 Å². The highest BCUT2D eigenvalue weighted by Gasteiger charge is 2.38. The SMILES string of the molecule is O=C1CCCC(CBr)(c2ccc3ccccc3c2)O1. The lowest BCUT2D eigenvalue weighted by Crippen LogP contribution is -2.37. The number of alkyl halides is 1. The number of carbonyl (C=O) groups excluding carboxylic acids is 1. The Morgan fingerprint density at radius 1 is 1.16 bits per heavy atom. The van der Waals surface area contributed by atoms with Crippen LogP contribution in [-0.2, 0) is 15.1 Å². The van der Waals surface area contributed by atoms with E-state index in [1.165, 1.54) is 10.8 Å². The Morgan fingerprint density at radius 2 is 1.95 bits per heavy atom. The summed E-state index contributed by atoms with van der Waals surface area (Å²) in [6, 6.07) is 14.5. The van der Waals surface area contributed by atoms with E-state index in [-0.39, 0.29) is 5.97 Å². The third-order valence-electron chi connectivity index (χ3n) is 3.76. The highest BCUT2D eigenvalue weighted by Crippen LogP contribution is 2.38. The minimum absolute atomic E-state index is 0.0983. The van der Waals surface area contributed by atoms with E-state index in [9.17, 15) is 4.79 Å². The first-order valence-corrected chi connectivity index (χ1v) is 7.63. The molecule has 19 heavy (non-hydrogen) atoms. The largest absolute Gasteiger partial charge is 0.453 e. The van der Waals surface area contributed by atoms with Crippen molar-refractivity contribution < 1.29 is 9.53 Å². The highest BCUT2D eigenvalue weighted by molar-refractivity contribution is 9.09. The fourth-order valence-corrected chi connectivity index (χ4v) is 3.40. The van der Waals surface area contributed by atoms with E-state index < -0.39 is 5.60 Å². The monoisotopic (exact) mass is 318 g/mol. The molecule has 2 nitrogen and oxygen atoms in total. The second-order valence-electron chi connectivity index (χ2n) is 5.02. The van der Waals surface area contributed by atoms with Crippen molar-refractivity contribution in [1.82, 2.24) is 0 Å². The number of cyclic esters (lactones) is 1. The van der Waals surface area contributed by atoms with Crippen LogP contribution in [0, 0.1) is 0 Å². The van der Waals surface area contributed by atoms with Crippen molar-refractivity contribution >= 4 is 32.7 Å². The summed E-state index contributed by atoms with van der Waals surface area (Å²) in [4.78, 5) is 11.6. The molecule has 1 unspecified atom stereocenters. The molecule has 0 amide bonds. The van der Waals surface area contributed by atoms with Gasteiger partial charge >= 0.3 is 5.97 Å². The number of benzene rings is 2. The molecule has 1 atom stereocenters. The van der Waals surface area contributed by atoms with Crippen LogP contribution in [0.4, 0.5) is 0 Å². The van der Waals surface area contributed by atoms with E-state index in [2.05, 4.69) is 46.3 Å². The first-order chi connectivity index (χ1) is 9.23. The van der Waals surface area contributed by atoms with Crippen LogP contribution in [0.1, 0.15) is 24.8 Å². The van der Waals surface area contributed by atoms with E-state index in [4.69, 9.17) is 4.74 Å². The molecule has 2 aromatic rings. The third kappa shape index (κ3) is 2.27. The van der Waals surface area contributed by atoms with Gasteiger partial charge in [0.1, 0.15) is 5.60 Å². The summed E-state index contributed by atoms with van der Waals surface area (Å²) in [6.07, 6.45) is 2.29. The van der Waals surface area contributed by atoms with Crippen LogP contribution < -0.4 is 0 Å². The van der Waals surface area contributed by atoms with Crippen molar-refractivity contribution in [1.29, 1.82) is 0 Å². The molecule has 98 valence electrons. The van der Waals surface area contributed by atoms with Crippen LogP contribution in [0.5, 0.6) is 0 Å².